The lowest BCUT2D eigenvalue weighted by Gasteiger charge is -2.10. The molecule has 0 atom stereocenters. The molecule has 3 aromatic rings. The van der Waals surface area contributed by atoms with E-state index in [0.29, 0.717) is 0 Å². The predicted octanol–water partition coefficient (Wildman–Crippen LogP) is 4.02. The maximum absolute atomic E-state index is 4.82. The molecule has 0 aliphatic heterocycles. The number of nitrogens with zero attached hydrogens (tertiary/aromatic N) is 2. The van der Waals surface area contributed by atoms with E-state index in [1.807, 2.05) is 12.1 Å². The molecular weight excluding hydrogens is 220 g/mol. The van der Waals surface area contributed by atoms with Gasteiger partial charge in [-0.05, 0) is 62.1 Å². The lowest BCUT2D eigenvalue weighted by Crippen LogP contribution is -1.95. The van der Waals surface area contributed by atoms with Crippen LogP contribution in [-0.2, 0) is 0 Å². The van der Waals surface area contributed by atoms with E-state index < -0.39 is 0 Å². The fourth-order valence-corrected chi connectivity index (χ4v) is 2.39. The fourth-order valence-electron chi connectivity index (χ4n) is 2.39. The molecule has 2 aromatic carbocycles. The average Bonchev–Trinajstić information content (AvgIpc) is 2.35. The van der Waals surface area contributed by atoms with Crippen molar-refractivity contribution in [2.24, 2.45) is 0 Å². The number of hydrogen-bond donors (Lipinski definition) is 0. The van der Waals surface area contributed by atoms with Gasteiger partial charge in [-0.1, -0.05) is 12.1 Å². The lowest BCUT2D eigenvalue weighted by molar-refractivity contribution is 1.25. The van der Waals surface area contributed by atoms with Crippen LogP contribution in [0.5, 0.6) is 0 Å². The van der Waals surface area contributed by atoms with E-state index in [0.717, 1.165) is 22.1 Å². The Kier molecular flexibility index (Phi) is 2.34. The Balaban J connectivity index is 2.54. The number of aromatic nitrogens is 2. The van der Waals surface area contributed by atoms with Crippen molar-refractivity contribution in [1.29, 1.82) is 0 Å². The molecule has 0 fully saturated rings. The summed E-state index contributed by atoms with van der Waals surface area (Å²) in [4.78, 5) is 9.56. The summed E-state index contributed by atoms with van der Waals surface area (Å²) in [5, 5.41) is 0. The Labute approximate surface area is 107 Å². The summed E-state index contributed by atoms with van der Waals surface area (Å²) in [7, 11) is 0. The molecule has 2 heteroatoms. The van der Waals surface area contributed by atoms with E-state index in [4.69, 9.17) is 9.97 Å². The van der Waals surface area contributed by atoms with Crippen LogP contribution in [0.1, 0.15) is 22.3 Å². The monoisotopic (exact) mass is 236 g/mol. The highest BCUT2D eigenvalue weighted by Crippen LogP contribution is 2.25. The van der Waals surface area contributed by atoms with Crippen molar-refractivity contribution in [3.63, 3.8) is 0 Å². The second kappa shape index (κ2) is 3.77. The van der Waals surface area contributed by atoms with Crippen LogP contribution in [0, 0.1) is 27.7 Å². The van der Waals surface area contributed by atoms with E-state index in [1.54, 1.807) is 0 Å². The highest BCUT2D eigenvalue weighted by atomic mass is 14.8. The van der Waals surface area contributed by atoms with Crippen LogP contribution in [0.3, 0.4) is 0 Å². The van der Waals surface area contributed by atoms with Crippen LogP contribution in [0.15, 0.2) is 24.3 Å². The second-order valence-corrected chi connectivity index (χ2v) is 4.98. The third-order valence-electron chi connectivity index (χ3n) is 3.79. The Morgan fingerprint density at radius 2 is 1.50 bits per heavy atom. The Bertz CT molecular complexity index is 773. The van der Waals surface area contributed by atoms with Gasteiger partial charge >= 0.3 is 0 Å². The topological polar surface area (TPSA) is 25.8 Å². The average molecular weight is 236 g/mol. The van der Waals surface area contributed by atoms with Gasteiger partial charge in [-0.15, -0.1) is 0 Å². The first-order valence-corrected chi connectivity index (χ1v) is 6.22. The van der Waals surface area contributed by atoms with Gasteiger partial charge < -0.3 is 0 Å². The van der Waals surface area contributed by atoms with Gasteiger partial charge in [0.15, 0.2) is 0 Å². The maximum Gasteiger partial charge on any atom is 0.0926 e. The smallest absolute Gasteiger partial charge is 0.0926 e. The molecule has 2 nitrogen and oxygen atoms in total. The largest absolute Gasteiger partial charge is 0.244 e. The van der Waals surface area contributed by atoms with E-state index in [-0.39, 0.29) is 0 Å². The van der Waals surface area contributed by atoms with Crippen molar-refractivity contribution < 1.29 is 0 Å². The second-order valence-electron chi connectivity index (χ2n) is 4.98. The van der Waals surface area contributed by atoms with Crippen molar-refractivity contribution in [3.8, 4) is 0 Å². The molecule has 0 aliphatic rings. The van der Waals surface area contributed by atoms with Gasteiger partial charge in [0.2, 0.25) is 0 Å². The molecule has 0 N–H and O–H groups in total. The van der Waals surface area contributed by atoms with Crippen molar-refractivity contribution in [3.05, 3.63) is 46.5 Å². The maximum atomic E-state index is 4.82. The summed E-state index contributed by atoms with van der Waals surface area (Å²) in [5.41, 5.74) is 9.02. The molecule has 0 saturated heterocycles. The van der Waals surface area contributed by atoms with Gasteiger partial charge in [0.25, 0.3) is 0 Å². The molecule has 90 valence electrons. The summed E-state index contributed by atoms with van der Waals surface area (Å²) in [6.45, 7) is 8.49. The van der Waals surface area contributed by atoms with Gasteiger partial charge in [0.1, 0.15) is 0 Å². The first kappa shape index (κ1) is 11.1. The minimum absolute atomic E-state index is 0.977. The van der Waals surface area contributed by atoms with Crippen molar-refractivity contribution in [2.75, 3.05) is 0 Å². The van der Waals surface area contributed by atoms with Crippen LogP contribution in [0.25, 0.3) is 22.1 Å². The molecule has 0 unspecified atom stereocenters. The van der Waals surface area contributed by atoms with Crippen LogP contribution in [0.2, 0.25) is 0 Å². The first-order chi connectivity index (χ1) is 8.58. The summed E-state index contributed by atoms with van der Waals surface area (Å²) in [6.07, 6.45) is 0. The fraction of sp³-hybridized carbons (Fsp3) is 0.250. The van der Waals surface area contributed by atoms with Crippen molar-refractivity contribution in [1.82, 2.24) is 9.97 Å². The van der Waals surface area contributed by atoms with E-state index in [9.17, 15) is 0 Å². The number of fused-ring (bicyclic) bond motifs is 2. The molecule has 0 radical (unpaired) electrons. The highest BCUT2D eigenvalue weighted by Gasteiger charge is 2.09. The van der Waals surface area contributed by atoms with E-state index >= 15 is 0 Å². The van der Waals surface area contributed by atoms with Crippen LogP contribution < -0.4 is 0 Å². The molecule has 18 heavy (non-hydrogen) atoms. The molecule has 0 amide bonds. The molecule has 0 saturated carbocycles. The highest BCUT2D eigenvalue weighted by molar-refractivity contribution is 5.90. The SMILES string of the molecule is Cc1cc2nc3cccc(C)c3nc2c(C)c1C. The molecule has 1 aromatic heterocycles. The van der Waals surface area contributed by atoms with Gasteiger partial charge in [-0.2, -0.15) is 0 Å². The Hall–Kier alpha value is -1.96. The molecule has 0 aliphatic carbocycles. The quantitative estimate of drug-likeness (QED) is 0.551. The standard InChI is InChI=1S/C16H16N2/c1-9-6-5-7-13-15(9)18-16-12(4)11(3)10(2)8-14(16)17-13/h5-8H,1-4H3. The van der Waals surface area contributed by atoms with Crippen molar-refractivity contribution in [2.45, 2.75) is 27.7 Å². The van der Waals surface area contributed by atoms with Gasteiger partial charge in [-0.3, -0.25) is 0 Å². The minimum Gasteiger partial charge on any atom is -0.244 e. The number of hydrogen-bond acceptors (Lipinski definition) is 2. The first-order valence-electron chi connectivity index (χ1n) is 6.22. The Morgan fingerprint density at radius 1 is 0.722 bits per heavy atom. The van der Waals surface area contributed by atoms with Gasteiger partial charge in [-0.25, -0.2) is 9.97 Å². The van der Waals surface area contributed by atoms with E-state index in [2.05, 4.69) is 39.8 Å². The zero-order valence-electron chi connectivity index (χ0n) is 11.2. The third-order valence-corrected chi connectivity index (χ3v) is 3.79. The van der Waals surface area contributed by atoms with E-state index in [1.165, 1.54) is 22.3 Å². The number of aryl methyl sites for hydroxylation is 3. The summed E-state index contributed by atoms with van der Waals surface area (Å²) < 4.78 is 0. The summed E-state index contributed by atoms with van der Waals surface area (Å²) in [5.74, 6) is 0. The zero-order valence-corrected chi connectivity index (χ0v) is 11.2. The lowest BCUT2D eigenvalue weighted by atomic mass is 10.0. The molecule has 1 heterocycles. The number of rotatable bonds is 0. The van der Waals surface area contributed by atoms with Gasteiger partial charge in [0.05, 0.1) is 22.1 Å². The summed E-state index contributed by atoms with van der Waals surface area (Å²) in [6, 6.07) is 8.27. The molecule has 0 bridgehead atoms. The normalized spacial score (nSPS) is 11.3. The van der Waals surface area contributed by atoms with Crippen LogP contribution in [-0.4, -0.2) is 9.97 Å². The Morgan fingerprint density at radius 3 is 2.28 bits per heavy atom. The number of para-hydroxylation sites is 1. The minimum atomic E-state index is 0.977. The van der Waals surface area contributed by atoms with Gasteiger partial charge in [0, 0.05) is 0 Å². The summed E-state index contributed by atoms with van der Waals surface area (Å²) >= 11 is 0. The van der Waals surface area contributed by atoms with Crippen LogP contribution in [0.4, 0.5) is 0 Å². The zero-order chi connectivity index (χ0) is 12.9. The molecule has 3 rings (SSSR count). The van der Waals surface area contributed by atoms with Crippen LogP contribution >= 0.6 is 0 Å². The molecular formula is C16H16N2. The number of benzene rings is 2. The third kappa shape index (κ3) is 1.49. The predicted molar refractivity (Wildman–Crippen MR) is 76.0 cm³/mol. The van der Waals surface area contributed by atoms with Crippen molar-refractivity contribution >= 4 is 22.1 Å². The molecule has 0 spiro atoms.